The predicted molar refractivity (Wildman–Crippen MR) is 44.1 cm³/mol. The molecule has 1 heterocycles. The highest BCUT2D eigenvalue weighted by Gasteiger charge is 2.30. The maximum atomic E-state index is 11.1. The van der Waals surface area contributed by atoms with Gasteiger partial charge in [-0.15, -0.1) is 0 Å². The molecule has 2 amide bonds. The Balaban J connectivity index is 2.69. The standard InChI is InChI=1S/C8H12N2O2/c1-2-7(11)10-5-3-4-6(10)8(9)12/h2,6H,1,3-5H2,(H2,9,12)/t6-/m1/s1. The van der Waals surface area contributed by atoms with E-state index < -0.39 is 11.9 Å². The predicted octanol–water partition coefficient (Wildman–Crippen LogP) is -0.351. The number of likely N-dealkylation sites (tertiary alicyclic amines) is 1. The SMILES string of the molecule is C=CC(=O)N1CCC[C@@H]1C(N)=O. The van der Waals surface area contributed by atoms with E-state index >= 15 is 0 Å². The minimum atomic E-state index is -0.428. The summed E-state index contributed by atoms with van der Waals surface area (Å²) in [4.78, 5) is 23.4. The molecule has 4 nitrogen and oxygen atoms in total. The molecule has 0 aliphatic carbocycles. The average molecular weight is 168 g/mol. The van der Waals surface area contributed by atoms with Gasteiger partial charge in [0, 0.05) is 6.54 Å². The number of hydrogen-bond donors (Lipinski definition) is 1. The summed E-state index contributed by atoms with van der Waals surface area (Å²) in [5.41, 5.74) is 5.11. The number of primary amides is 1. The van der Waals surface area contributed by atoms with E-state index in [1.807, 2.05) is 0 Å². The zero-order valence-electron chi connectivity index (χ0n) is 6.82. The first-order valence-electron chi connectivity index (χ1n) is 3.89. The fourth-order valence-electron chi connectivity index (χ4n) is 1.44. The summed E-state index contributed by atoms with van der Waals surface area (Å²) in [6, 6.07) is -0.421. The summed E-state index contributed by atoms with van der Waals surface area (Å²) < 4.78 is 0. The van der Waals surface area contributed by atoms with Crippen LogP contribution in [0.15, 0.2) is 12.7 Å². The molecule has 0 aromatic rings. The number of carbonyl (C=O) groups is 2. The van der Waals surface area contributed by atoms with Crippen molar-refractivity contribution in [2.75, 3.05) is 6.54 Å². The number of nitrogens with two attached hydrogens (primary N) is 1. The Labute approximate surface area is 71.0 Å². The Hall–Kier alpha value is -1.32. The molecule has 1 aliphatic heterocycles. The van der Waals surface area contributed by atoms with Gasteiger partial charge in [-0.05, 0) is 18.9 Å². The lowest BCUT2D eigenvalue weighted by molar-refractivity contribution is -0.133. The second-order valence-electron chi connectivity index (χ2n) is 2.80. The molecule has 0 spiro atoms. The minimum absolute atomic E-state index is 0.212. The van der Waals surface area contributed by atoms with Crippen molar-refractivity contribution in [3.05, 3.63) is 12.7 Å². The molecule has 1 atom stereocenters. The van der Waals surface area contributed by atoms with E-state index in [0.717, 1.165) is 6.42 Å². The lowest BCUT2D eigenvalue weighted by atomic mass is 10.2. The van der Waals surface area contributed by atoms with Gasteiger partial charge in [-0.25, -0.2) is 0 Å². The van der Waals surface area contributed by atoms with Gasteiger partial charge in [0.05, 0.1) is 0 Å². The van der Waals surface area contributed by atoms with Crippen LogP contribution in [0.4, 0.5) is 0 Å². The normalized spacial score (nSPS) is 22.3. The van der Waals surface area contributed by atoms with Crippen LogP contribution in [0, 0.1) is 0 Å². The Bertz CT molecular complexity index is 225. The average Bonchev–Trinajstić information content (AvgIpc) is 2.50. The van der Waals surface area contributed by atoms with Gasteiger partial charge in [0.25, 0.3) is 0 Å². The van der Waals surface area contributed by atoms with Crippen LogP contribution in [-0.2, 0) is 9.59 Å². The first-order chi connectivity index (χ1) is 5.66. The summed E-state index contributed by atoms with van der Waals surface area (Å²) in [5.74, 6) is -0.640. The monoisotopic (exact) mass is 168 g/mol. The van der Waals surface area contributed by atoms with Crippen LogP contribution in [0.5, 0.6) is 0 Å². The van der Waals surface area contributed by atoms with E-state index in [1.54, 1.807) is 0 Å². The summed E-state index contributed by atoms with van der Waals surface area (Å²) in [6.45, 7) is 3.97. The number of amides is 2. The molecule has 1 aliphatic rings. The number of rotatable bonds is 2. The van der Waals surface area contributed by atoms with E-state index in [-0.39, 0.29) is 5.91 Å². The van der Waals surface area contributed by atoms with Crippen molar-refractivity contribution in [3.63, 3.8) is 0 Å². The molecule has 2 N–H and O–H groups in total. The van der Waals surface area contributed by atoms with Crippen molar-refractivity contribution in [3.8, 4) is 0 Å². The number of hydrogen-bond acceptors (Lipinski definition) is 2. The molecule has 0 aromatic carbocycles. The van der Waals surface area contributed by atoms with Crippen molar-refractivity contribution in [2.45, 2.75) is 18.9 Å². The van der Waals surface area contributed by atoms with Crippen molar-refractivity contribution >= 4 is 11.8 Å². The molecule has 1 fully saturated rings. The summed E-state index contributed by atoms with van der Waals surface area (Å²) >= 11 is 0. The quantitative estimate of drug-likeness (QED) is 0.573. The third kappa shape index (κ3) is 1.47. The highest BCUT2D eigenvalue weighted by molar-refractivity contribution is 5.92. The molecular formula is C8H12N2O2. The lowest BCUT2D eigenvalue weighted by Gasteiger charge is -2.19. The molecule has 0 bridgehead atoms. The van der Waals surface area contributed by atoms with Gasteiger partial charge in [0.2, 0.25) is 11.8 Å². The Morgan fingerprint density at radius 3 is 2.75 bits per heavy atom. The summed E-state index contributed by atoms with van der Waals surface area (Å²) in [7, 11) is 0. The van der Waals surface area contributed by atoms with E-state index in [0.29, 0.717) is 13.0 Å². The van der Waals surface area contributed by atoms with Crippen LogP contribution in [0.3, 0.4) is 0 Å². The Morgan fingerprint density at radius 2 is 2.25 bits per heavy atom. The fraction of sp³-hybridized carbons (Fsp3) is 0.500. The second-order valence-corrected chi connectivity index (χ2v) is 2.80. The van der Waals surface area contributed by atoms with E-state index in [1.165, 1.54) is 11.0 Å². The molecule has 0 saturated carbocycles. The van der Waals surface area contributed by atoms with Crippen LogP contribution in [0.2, 0.25) is 0 Å². The van der Waals surface area contributed by atoms with Crippen molar-refractivity contribution in [1.29, 1.82) is 0 Å². The first-order valence-corrected chi connectivity index (χ1v) is 3.89. The topological polar surface area (TPSA) is 63.4 Å². The van der Waals surface area contributed by atoms with Crippen LogP contribution >= 0.6 is 0 Å². The Morgan fingerprint density at radius 1 is 1.58 bits per heavy atom. The molecule has 1 saturated heterocycles. The zero-order valence-corrected chi connectivity index (χ0v) is 6.82. The fourth-order valence-corrected chi connectivity index (χ4v) is 1.44. The smallest absolute Gasteiger partial charge is 0.246 e. The highest BCUT2D eigenvalue weighted by atomic mass is 16.2. The van der Waals surface area contributed by atoms with Crippen LogP contribution < -0.4 is 5.73 Å². The minimum Gasteiger partial charge on any atom is -0.368 e. The molecule has 66 valence electrons. The maximum absolute atomic E-state index is 11.1. The van der Waals surface area contributed by atoms with E-state index in [9.17, 15) is 9.59 Å². The van der Waals surface area contributed by atoms with Crippen molar-refractivity contribution in [2.24, 2.45) is 5.73 Å². The van der Waals surface area contributed by atoms with Gasteiger partial charge in [-0.1, -0.05) is 6.58 Å². The molecule has 0 unspecified atom stereocenters. The summed E-state index contributed by atoms with van der Waals surface area (Å²) in [6.07, 6.45) is 2.73. The van der Waals surface area contributed by atoms with Crippen LogP contribution in [0.1, 0.15) is 12.8 Å². The molecule has 1 rings (SSSR count). The molecular weight excluding hydrogens is 156 g/mol. The number of nitrogens with zero attached hydrogens (tertiary/aromatic N) is 1. The van der Waals surface area contributed by atoms with Crippen LogP contribution in [-0.4, -0.2) is 29.3 Å². The van der Waals surface area contributed by atoms with Gasteiger partial charge in [-0.3, -0.25) is 9.59 Å². The third-order valence-corrected chi connectivity index (χ3v) is 2.04. The second kappa shape index (κ2) is 3.38. The van der Waals surface area contributed by atoms with Gasteiger partial charge < -0.3 is 10.6 Å². The van der Waals surface area contributed by atoms with E-state index in [4.69, 9.17) is 5.73 Å². The zero-order chi connectivity index (χ0) is 9.14. The van der Waals surface area contributed by atoms with Gasteiger partial charge >= 0.3 is 0 Å². The van der Waals surface area contributed by atoms with Crippen molar-refractivity contribution in [1.82, 2.24) is 4.90 Å². The third-order valence-electron chi connectivity index (χ3n) is 2.04. The maximum Gasteiger partial charge on any atom is 0.246 e. The molecule has 12 heavy (non-hydrogen) atoms. The first kappa shape index (κ1) is 8.77. The van der Waals surface area contributed by atoms with Crippen molar-refractivity contribution < 1.29 is 9.59 Å². The lowest BCUT2D eigenvalue weighted by Crippen LogP contribution is -2.42. The Kier molecular flexibility index (Phi) is 2.47. The van der Waals surface area contributed by atoms with Gasteiger partial charge in [-0.2, -0.15) is 0 Å². The van der Waals surface area contributed by atoms with Crippen LogP contribution in [0.25, 0.3) is 0 Å². The largest absolute Gasteiger partial charge is 0.368 e. The molecule has 0 aromatic heterocycles. The number of carbonyl (C=O) groups excluding carboxylic acids is 2. The summed E-state index contributed by atoms with van der Waals surface area (Å²) in [5, 5.41) is 0. The molecule has 0 radical (unpaired) electrons. The van der Waals surface area contributed by atoms with Gasteiger partial charge in [0.15, 0.2) is 0 Å². The highest BCUT2D eigenvalue weighted by Crippen LogP contribution is 2.16. The van der Waals surface area contributed by atoms with E-state index in [2.05, 4.69) is 6.58 Å². The van der Waals surface area contributed by atoms with Gasteiger partial charge in [0.1, 0.15) is 6.04 Å². The molecule has 4 heteroatoms.